The van der Waals surface area contributed by atoms with Crippen molar-refractivity contribution in [1.82, 2.24) is 0 Å². The lowest BCUT2D eigenvalue weighted by atomic mass is 9.59. The van der Waals surface area contributed by atoms with Gasteiger partial charge in [-0.2, -0.15) is 5.26 Å². The number of nitrogens with two attached hydrogens (primary N) is 1. The Hall–Kier alpha value is -1.23. The summed E-state index contributed by atoms with van der Waals surface area (Å²) in [5.74, 6) is 0. The van der Waals surface area contributed by atoms with Crippen molar-refractivity contribution in [3.8, 4) is 6.07 Å². The molecule has 3 aliphatic rings. The molecule has 78 valence electrons. The Kier molecular flexibility index (Phi) is 1.60. The maximum absolute atomic E-state index is 9.30. The average Bonchev–Trinajstić information content (AvgIpc) is 2.67. The average molecular weight is 200 g/mol. The summed E-state index contributed by atoms with van der Waals surface area (Å²) in [5, 5.41) is 9.30. The van der Waals surface area contributed by atoms with Crippen LogP contribution in [0.2, 0.25) is 0 Å². The summed E-state index contributed by atoms with van der Waals surface area (Å²) >= 11 is 0. The quantitative estimate of drug-likeness (QED) is 0.611. The molecule has 0 unspecified atom stereocenters. The van der Waals surface area contributed by atoms with Crippen LogP contribution in [-0.2, 0) is 0 Å². The second kappa shape index (κ2) is 2.66. The molecule has 2 heteroatoms. The largest absolute Gasteiger partial charge is 0.401 e. The first-order valence-corrected chi connectivity index (χ1v) is 5.78. The lowest BCUT2D eigenvalue weighted by Gasteiger charge is -2.43. The molecule has 0 heterocycles. The Labute approximate surface area is 90.5 Å². The second-order valence-electron chi connectivity index (χ2n) is 5.28. The molecule has 3 aliphatic carbocycles. The minimum absolute atomic E-state index is 0.126. The van der Waals surface area contributed by atoms with Crippen molar-refractivity contribution in [1.29, 1.82) is 5.26 Å². The van der Waals surface area contributed by atoms with E-state index in [0.29, 0.717) is 5.41 Å². The number of allylic oxidation sites excluding steroid dienone is 4. The van der Waals surface area contributed by atoms with Crippen LogP contribution in [0, 0.1) is 22.2 Å². The number of nitriles is 1. The normalized spacial score (nSPS) is 42.6. The fraction of sp³-hybridized carbons (Fsp3) is 0.615. The predicted molar refractivity (Wildman–Crippen MR) is 58.5 cm³/mol. The molecular weight excluding hydrogens is 184 g/mol. The Morgan fingerprint density at radius 1 is 1.27 bits per heavy atom. The van der Waals surface area contributed by atoms with Crippen LogP contribution >= 0.6 is 0 Å². The van der Waals surface area contributed by atoms with Gasteiger partial charge in [0, 0.05) is 11.1 Å². The zero-order valence-corrected chi connectivity index (χ0v) is 8.92. The zero-order valence-electron chi connectivity index (χ0n) is 8.92. The van der Waals surface area contributed by atoms with E-state index in [1.807, 2.05) is 0 Å². The van der Waals surface area contributed by atoms with Gasteiger partial charge in [-0.05, 0) is 37.5 Å². The lowest BCUT2D eigenvalue weighted by Crippen LogP contribution is -2.36. The highest BCUT2D eigenvalue weighted by Gasteiger charge is 2.60. The molecule has 2 atom stereocenters. The highest BCUT2D eigenvalue weighted by Crippen LogP contribution is 2.68. The maximum atomic E-state index is 9.30. The first kappa shape index (κ1) is 9.03. The van der Waals surface area contributed by atoms with Gasteiger partial charge >= 0.3 is 0 Å². The fourth-order valence-electron chi connectivity index (χ4n) is 4.20. The third kappa shape index (κ3) is 0.849. The van der Waals surface area contributed by atoms with Gasteiger partial charge in [0.1, 0.15) is 0 Å². The van der Waals surface area contributed by atoms with Crippen LogP contribution in [0.4, 0.5) is 0 Å². The summed E-state index contributed by atoms with van der Waals surface area (Å²) in [6, 6.07) is 2.39. The first-order chi connectivity index (χ1) is 7.24. The van der Waals surface area contributed by atoms with E-state index in [1.54, 1.807) is 0 Å². The molecule has 0 spiro atoms. The number of hydrogen-bond donors (Lipinski definition) is 1. The summed E-state index contributed by atoms with van der Waals surface area (Å²) < 4.78 is 0. The maximum Gasteiger partial charge on any atom is 0.0971 e. The van der Waals surface area contributed by atoms with Gasteiger partial charge in [0.15, 0.2) is 0 Å². The van der Waals surface area contributed by atoms with Crippen LogP contribution in [0.15, 0.2) is 23.4 Å². The fourth-order valence-corrected chi connectivity index (χ4v) is 4.20. The van der Waals surface area contributed by atoms with Gasteiger partial charge in [-0.3, -0.25) is 0 Å². The standard InChI is InChI=1S/C13H16N2/c14-9-10-11(15)8-12-4-1-2-6-13(10,12)7-3-5-12/h1-2H,3-8,15H2/t12-,13+/m0/s1. The van der Waals surface area contributed by atoms with Gasteiger partial charge in [-0.15, -0.1) is 0 Å². The molecule has 0 aromatic carbocycles. The highest BCUT2D eigenvalue weighted by atomic mass is 14.7. The molecule has 15 heavy (non-hydrogen) atoms. The summed E-state index contributed by atoms with van der Waals surface area (Å²) in [4.78, 5) is 0. The van der Waals surface area contributed by atoms with E-state index in [0.717, 1.165) is 30.5 Å². The molecule has 2 N–H and O–H groups in total. The summed E-state index contributed by atoms with van der Waals surface area (Å²) in [7, 11) is 0. The molecule has 0 amide bonds. The predicted octanol–water partition coefficient (Wildman–Crippen LogP) is 2.63. The SMILES string of the molecule is N#CC1=C(N)C[C@@]23CC=CC[C@@]12CCC3. The zero-order chi connectivity index (χ0) is 10.5. The van der Waals surface area contributed by atoms with E-state index in [-0.39, 0.29) is 5.41 Å². The smallest absolute Gasteiger partial charge is 0.0971 e. The molecule has 2 nitrogen and oxygen atoms in total. The van der Waals surface area contributed by atoms with Gasteiger partial charge in [-0.1, -0.05) is 18.6 Å². The second-order valence-corrected chi connectivity index (χ2v) is 5.28. The van der Waals surface area contributed by atoms with Gasteiger partial charge in [0.05, 0.1) is 11.6 Å². The van der Waals surface area contributed by atoms with Crippen molar-refractivity contribution in [2.75, 3.05) is 0 Å². The molecule has 0 aromatic rings. The van der Waals surface area contributed by atoms with Crippen molar-refractivity contribution >= 4 is 0 Å². The van der Waals surface area contributed by atoms with Crippen LogP contribution < -0.4 is 5.73 Å². The molecule has 0 bridgehead atoms. The monoisotopic (exact) mass is 200 g/mol. The third-order valence-electron chi connectivity index (χ3n) is 4.86. The van der Waals surface area contributed by atoms with E-state index >= 15 is 0 Å². The molecule has 1 fully saturated rings. The van der Waals surface area contributed by atoms with Gasteiger partial charge in [0.25, 0.3) is 0 Å². The molecular formula is C13H16N2. The highest BCUT2D eigenvalue weighted by molar-refractivity contribution is 5.45. The molecule has 1 saturated carbocycles. The summed E-state index contributed by atoms with van der Waals surface area (Å²) in [6.45, 7) is 0. The van der Waals surface area contributed by atoms with Gasteiger partial charge < -0.3 is 5.73 Å². The molecule has 0 aliphatic heterocycles. The minimum atomic E-state index is 0.126. The van der Waals surface area contributed by atoms with Crippen molar-refractivity contribution < 1.29 is 0 Å². The van der Waals surface area contributed by atoms with Gasteiger partial charge in [0.2, 0.25) is 0 Å². The molecule has 0 saturated heterocycles. The van der Waals surface area contributed by atoms with E-state index in [1.165, 1.54) is 19.3 Å². The van der Waals surface area contributed by atoms with Crippen molar-refractivity contribution in [3.05, 3.63) is 23.4 Å². The van der Waals surface area contributed by atoms with E-state index < -0.39 is 0 Å². The minimum Gasteiger partial charge on any atom is -0.401 e. The lowest BCUT2D eigenvalue weighted by molar-refractivity contribution is 0.130. The number of hydrogen-bond acceptors (Lipinski definition) is 2. The topological polar surface area (TPSA) is 49.8 Å². The van der Waals surface area contributed by atoms with Crippen molar-refractivity contribution in [3.63, 3.8) is 0 Å². The summed E-state index contributed by atoms with van der Waals surface area (Å²) in [5.41, 5.74) is 8.30. The van der Waals surface area contributed by atoms with Crippen molar-refractivity contribution in [2.45, 2.75) is 38.5 Å². The Morgan fingerprint density at radius 2 is 2.07 bits per heavy atom. The van der Waals surface area contributed by atoms with Crippen LogP contribution in [0.25, 0.3) is 0 Å². The van der Waals surface area contributed by atoms with Crippen LogP contribution in [-0.4, -0.2) is 0 Å². The summed E-state index contributed by atoms with van der Waals surface area (Å²) in [6.07, 6.45) is 11.3. The van der Waals surface area contributed by atoms with Crippen LogP contribution in [0.3, 0.4) is 0 Å². The van der Waals surface area contributed by atoms with Crippen LogP contribution in [0.5, 0.6) is 0 Å². The van der Waals surface area contributed by atoms with Crippen LogP contribution in [0.1, 0.15) is 38.5 Å². The molecule has 0 radical (unpaired) electrons. The Morgan fingerprint density at radius 3 is 2.87 bits per heavy atom. The van der Waals surface area contributed by atoms with E-state index in [2.05, 4.69) is 18.2 Å². The van der Waals surface area contributed by atoms with Gasteiger partial charge in [-0.25, -0.2) is 0 Å². The van der Waals surface area contributed by atoms with E-state index in [4.69, 9.17) is 5.73 Å². The molecule has 0 aromatic heterocycles. The van der Waals surface area contributed by atoms with Crippen molar-refractivity contribution in [2.24, 2.45) is 16.6 Å². The number of nitrogens with zero attached hydrogens (tertiary/aromatic N) is 1. The first-order valence-electron chi connectivity index (χ1n) is 5.78. The Bertz CT molecular complexity index is 413. The number of rotatable bonds is 0. The molecule has 3 rings (SSSR count). The third-order valence-corrected chi connectivity index (χ3v) is 4.86. The Balaban J connectivity index is 2.18. The van der Waals surface area contributed by atoms with E-state index in [9.17, 15) is 5.26 Å².